The van der Waals surface area contributed by atoms with E-state index in [0.29, 0.717) is 0 Å². The van der Waals surface area contributed by atoms with Gasteiger partial charge in [-0.2, -0.15) is 0 Å². The van der Waals surface area contributed by atoms with Gasteiger partial charge in [0.15, 0.2) is 0 Å². The molecule has 2 rings (SSSR count). The summed E-state index contributed by atoms with van der Waals surface area (Å²) in [5.74, 6) is -0.390. The maximum absolute atomic E-state index is 12.2. The van der Waals surface area contributed by atoms with Crippen LogP contribution in [0.4, 0.5) is 0 Å². The van der Waals surface area contributed by atoms with E-state index in [0.717, 1.165) is 16.7 Å². The topological polar surface area (TPSA) is 84.5 Å². The molecule has 2 N–H and O–H groups in total. The number of hydrogen-bond acceptors (Lipinski definition) is 4. The lowest BCUT2D eigenvalue weighted by Crippen LogP contribution is -2.30. The van der Waals surface area contributed by atoms with Gasteiger partial charge in [-0.1, -0.05) is 36.4 Å². The van der Waals surface area contributed by atoms with Crippen molar-refractivity contribution in [1.82, 2.24) is 10.2 Å². The Morgan fingerprint density at radius 1 is 1.04 bits per heavy atom. The first-order valence-corrected chi connectivity index (χ1v) is 9.38. The molecule has 1 amide bonds. The smallest absolute Gasteiger partial charge is 0.244 e. The lowest BCUT2D eigenvalue weighted by atomic mass is 10.1. The molecular weight excluding hydrogens is 340 g/mol. The largest absolute Gasteiger partial charge is 0.273 e. The van der Waals surface area contributed by atoms with Crippen LogP contribution in [-0.4, -0.2) is 20.9 Å². The lowest BCUT2D eigenvalue weighted by molar-refractivity contribution is -0.134. The van der Waals surface area contributed by atoms with Crippen molar-refractivity contribution in [3.8, 4) is 0 Å². The van der Waals surface area contributed by atoms with Crippen molar-refractivity contribution in [2.75, 3.05) is 6.54 Å². The summed E-state index contributed by atoms with van der Waals surface area (Å²) in [7, 11) is -3.63. The minimum atomic E-state index is -3.63. The fourth-order valence-corrected chi connectivity index (χ4v) is 3.21. The Labute approximate surface area is 148 Å². The maximum atomic E-state index is 12.2. The molecule has 0 saturated carbocycles. The van der Waals surface area contributed by atoms with Gasteiger partial charge >= 0.3 is 0 Å². The van der Waals surface area contributed by atoms with Crippen LogP contribution >= 0.6 is 0 Å². The minimum absolute atomic E-state index is 0.00418. The van der Waals surface area contributed by atoms with Crippen LogP contribution in [0.25, 0.3) is 0 Å². The molecule has 7 heteroatoms. The van der Waals surface area contributed by atoms with E-state index < -0.39 is 15.9 Å². The van der Waals surface area contributed by atoms with E-state index in [1.807, 2.05) is 44.2 Å². The fourth-order valence-electron chi connectivity index (χ4n) is 2.09. The normalized spacial score (nSPS) is 11.3. The van der Waals surface area contributed by atoms with Gasteiger partial charge in [-0.15, -0.1) is 0 Å². The Balaban J connectivity index is 1.75. The van der Waals surface area contributed by atoms with Crippen molar-refractivity contribution >= 4 is 15.9 Å². The molecule has 0 aliphatic heterocycles. The average Bonchev–Trinajstić information content (AvgIpc) is 2.58. The van der Waals surface area contributed by atoms with Gasteiger partial charge in [0.2, 0.25) is 15.9 Å². The van der Waals surface area contributed by atoms with Gasteiger partial charge in [-0.3, -0.25) is 9.63 Å². The molecule has 0 atom stereocenters. The van der Waals surface area contributed by atoms with Crippen LogP contribution < -0.4 is 10.2 Å². The van der Waals surface area contributed by atoms with Gasteiger partial charge in [0.1, 0.15) is 0 Å². The third kappa shape index (κ3) is 5.97. The monoisotopic (exact) mass is 362 g/mol. The zero-order chi connectivity index (χ0) is 18.3. The molecule has 2 aromatic rings. The van der Waals surface area contributed by atoms with Crippen LogP contribution in [0, 0.1) is 13.8 Å². The number of amides is 1. The molecule has 0 saturated heterocycles. The highest BCUT2D eigenvalue weighted by Gasteiger charge is 2.14. The molecule has 0 aromatic heterocycles. The lowest BCUT2D eigenvalue weighted by Gasteiger charge is -2.09. The third-order valence-electron chi connectivity index (χ3n) is 3.70. The maximum Gasteiger partial charge on any atom is 0.244 e. The highest BCUT2D eigenvalue weighted by molar-refractivity contribution is 7.89. The molecule has 0 bridgehead atoms. The number of nitrogens with one attached hydrogen (secondary N) is 2. The van der Waals surface area contributed by atoms with Crippen molar-refractivity contribution in [2.24, 2.45) is 0 Å². The molecular formula is C18H22N2O4S. The van der Waals surface area contributed by atoms with Crippen LogP contribution in [-0.2, 0) is 26.3 Å². The molecule has 25 heavy (non-hydrogen) atoms. The van der Waals surface area contributed by atoms with Gasteiger partial charge in [-0.25, -0.2) is 18.6 Å². The number of aryl methyl sites for hydroxylation is 2. The van der Waals surface area contributed by atoms with Gasteiger partial charge < -0.3 is 0 Å². The van der Waals surface area contributed by atoms with E-state index in [4.69, 9.17) is 4.84 Å². The molecule has 0 radical (unpaired) electrons. The highest BCUT2D eigenvalue weighted by atomic mass is 32.2. The summed E-state index contributed by atoms with van der Waals surface area (Å²) in [5.41, 5.74) is 5.15. The number of rotatable bonds is 8. The van der Waals surface area contributed by atoms with Crippen LogP contribution in [0.3, 0.4) is 0 Å². The van der Waals surface area contributed by atoms with Gasteiger partial charge in [-0.05, 0) is 42.7 Å². The summed E-state index contributed by atoms with van der Waals surface area (Å²) in [6.45, 7) is 4.02. The predicted molar refractivity (Wildman–Crippen MR) is 95.1 cm³/mol. The molecule has 0 spiro atoms. The second kappa shape index (κ2) is 8.75. The number of hydrogen-bond donors (Lipinski definition) is 2. The zero-order valence-electron chi connectivity index (χ0n) is 14.3. The van der Waals surface area contributed by atoms with Crippen molar-refractivity contribution in [3.63, 3.8) is 0 Å². The summed E-state index contributed by atoms with van der Waals surface area (Å²) < 4.78 is 26.8. The minimum Gasteiger partial charge on any atom is -0.273 e. The van der Waals surface area contributed by atoms with E-state index in [9.17, 15) is 13.2 Å². The zero-order valence-corrected chi connectivity index (χ0v) is 15.1. The van der Waals surface area contributed by atoms with E-state index in [-0.39, 0.29) is 24.5 Å². The van der Waals surface area contributed by atoms with E-state index in [1.165, 1.54) is 0 Å². The van der Waals surface area contributed by atoms with Crippen molar-refractivity contribution in [2.45, 2.75) is 31.8 Å². The molecule has 0 unspecified atom stereocenters. The molecule has 0 heterocycles. The van der Waals surface area contributed by atoms with Gasteiger partial charge in [0.25, 0.3) is 0 Å². The summed E-state index contributed by atoms with van der Waals surface area (Å²) in [5, 5.41) is 0. The van der Waals surface area contributed by atoms with E-state index in [2.05, 4.69) is 10.2 Å². The molecule has 0 aliphatic rings. The number of benzene rings is 2. The first kappa shape index (κ1) is 19.1. The second-order valence-electron chi connectivity index (χ2n) is 5.69. The molecule has 6 nitrogen and oxygen atoms in total. The third-order valence-corrected chi connectivity index (χ3v) is 5.16. The summed E-state index contributed by atoms with van der Waals surface area (Å²) in [4.78, 5) is 17.0. The number of hydroxylamine groups is 1. The second-order valence-corrected chi connectivity index (χ2v) is 7.46. The van der Waals surface area contributed by atoms with Crippen LogP contribution in [0.15, 0.2) is 53.4 Å². The first-order valence-electron chi connectivity index (χ1n) is 7.90. The number of sulfonamides is 1. The van der Waals surface area contributed by atoms with Crippen LogP contribution in [0.2, 0.25) is 0 Å². The first-order chi connectivity index (χ1) is 11.9. The Kier molecular flexibility index (Phi) is 6.69. The van der Waals surface area contributed by atoms with E-state index in [1.54, 1.807) is 18.2 Å². The average molecular weight is 362 g/mol. The fraction of sp³-hybridized carbons (Fsp3) is 0.278. The SMILES string of the molecule is Cc1ccc(S(=O)(=O)NCCC(=O)NOCc2ccccc2)cc1C. The van der Waals surface area contributed by atoms with Crippen molar-refractivity contribution < 1.29 is 18.0 Å². The van der Waals surface area contributed by atoms with Crippen molar-refractivity contribution in [3.05, 3.63) is 65.2 Å². The molecule has 134 valence electrons. The number of carbonyl (C=O) groups excluding carboxylic acids is 1. The Bertz CT molecular complexity index is 820. The van der Waals surface area contributed by atoms with Crippen LogP contribution in [0.1, 0.15) is 23.1 Å². The summed E-state index contributed by atoms with van der Waals surface area (Å²) in [6, 6.07) is 14.3. The highest BCUT2D eigenvalue weighted by Crippen LogP contribution is 2.14. The van der Waals surface area contributed by atoms with Crippen LogP contribution in [0.5, 0.6) is 0 Å². The molecule has 2 aromatic carbocycles. The number of carbonyl (C=O) groups is 1. The molecule has 0 fully saturated rings. The predicted octanol–water partition coefficient (Wildman–Crippen LogP) is 2.22. The van der Waals surface area contributed by atoms with Gasteiger partial charge in [0.05, 0.1) is 11.5 Å². The van der Waals surface area contributed by atoms with Crippen molar-refractivity contribution in [1.29, 1.82) is 0 Å². The standard InChI is InChI=1S/C18H22N2O4S/c1-14-8-9-17(12-15(14)2)25(22,23)19-11-10-18(21)20-24-13-16-6-4-3-5-7-16/h3-9,12,19H,10-11,13H2,1-2H3,(H,20,21). The summed E-state index contributed by atoms with van der Waals surface area (Å²) >= 11 is 0. The Morgan fingerprint density at radius 3 is 2.44 bits per heavy atom. The Morgan fingerprint density at radius 2 is 1.76 bits per heavy atom. The summed E-state index contributed by atoms with van der Waals surface area (Å²) in [6.07, 6.45) is -0.0150. The quantitative estimate of drug-likeness (QED) is 0.705. The Hall–Kier alpha value is -2.22. The molecule has 0 aliphatic carbocycles. The van der Waals surface area contributed by atoms with Gasteiger partial charge in [0, 0.05) is 13.0 Å². The van der Waals surface area contributed by atoms with E-state index >= 15 is 0 Å².